The van der Waals surface area contributed by atoms with Crippen molar-refractivity contribution in [3.05, 3.63) is 35.9 Å². The number of nitrogens with zero attached hydrogens (tertiary/aromatic N) is 1. The lowest BCUT2D eigenvalue weighted by Gasteiger charge is -2.15. The molecule has 5 heteroatoms. The molecule has 0 aromatic heterocycles. The van der Waals surface area contributed by atoms with Gasteiger partial charge in [0, 0.05) is 19.4 Å². The molecular weight excluding hydrogens is 245 g/mol. The Kier molecular flexibility index (Phi) is 4.48. The highest BCUT2D eigenvalue weighted by Gasteiger charge is 2.30. The second kappa shape index (κ2) is 6.30. The number of halogens is 1. The summed E-state index contributed by atoms with van der Waals surface area (Å²) in [5, 5.41) is 14.5. The standard InChI is InChI=1S/C14H16FN3O/c15-11-7-13(17-9-11)14(19)18-12(8-16)6-10-4-2-1-3-5-10/h1-5,11-13,17H,6-7,9H2,(H,18,19)/t11-,12-,13-/m0/s1. The van der Waals surface area contributed by atoms with Gasteiger partial charge in [0.25, 0.3) is 0 Å². The fraction of sp³-hybridized carbons (Fsp3) is 0.429. The maximum absolute atomic E-state index is 13.0. The van der Waals surface area contributed by atoms with Gasteiger partial charge in [-0.2, -0.15) is 5.26 Å². The molecule has 4 nitrogen and oxygen atoms in total. The number of nitriles is 1. The molecule has 1 aromatic carbocycles. The minimum atomic E-state index is -0.981. The quantitative estimate of drug-likeness (QED) is 0.847. The van der Waals surface area contributed by atoms with Crippen molar-refractivity contribution in [1.29, 1.82) is 5.26 Å². The van der Waals surface area contributed by atoms with E-state index >= 15 is 0 Å². The van der Waals surface area contributed by atoms with E-state index in [1.165, 1.54) is 0 Å². The zero-order chi connectivity index (χ0) is 13.7. The van der Waals surface area contributed by atoms with Gasteiger partial charge < -0.3 is 10.6 Å². The molecule has 1 aliphatic heterocycles. The van der Waals surface area contributed by atoms with Gasteiger partial charge in [0.05, 0.1) is 12.1 Å². The number of alkyl halides is 1. The summed E-state index contributed by atoms with van der Waals surface area (Å²) in [6.45, 7) is 0.202. The van der Waals surface area contributed by atoms with Gasteiger partial charge in [-0.3, -0.25) is 4.79 Å². The number of hydrogen-bond acceptors (Lipinski definition) is 3. The zero-order valence-electron chi connectivity index (χ0n) is 10.5. The van der Waals surface area contributed by atoms with Crippen molar-refractivity contribution < 1.29 is 9.18 Å². The number of nitrogens with one attached hydrogen (secondary N) is 2. The lowest BCUT2D eigenvalue weighted by atomic mass is 10.1. The zero-order valence-corrected chi connectivity index (χ0v) is 10.5. The van der Waals surface area contributed by atoms with Gasteiger partial charge in [0.1, 0.15) is 12.2 Å². The van der Waals surface area contributed by atoms with E-state index in [-0.39, 0.29) is 18.9 Å². The van der Waals surface area contributed by atoms with Crippen molar-refractivity contribution in [1.82, 2.24) is 10.6 Å². The van der Waals surface area contributed by atoms with Crippen LogP contribution in [0.1, 0.15) is 12.0 Å². The Morgan fingerprint density at radius 1 is 1.53 bits per heavy atom. The summed E-state index contributed by atoms with van der Waals surface area (Å²) in [7, 11) is 0. The van der Waals surface area contributed by atoms with Gasteiger partial charge in [-0.1, -0.05) is 30.3 Å². The molecule has 100 valence electrons. The van der Waals surface area contributed by atoms with E-state index in [2.05, 4.69) is 16.7 Å². The second-order valence-corrected chi connectivity index (χ2v) is 4.67. The van der Waals surface area contributed by atoms with Gasteiger partial charge in [-0.25, -0.2) is 4.39 Å². The first kappa shape index (κ1) is 13.5. The Morgan fingerprint density at radius 2 is 2.26 bits per heavy atom. The lowest BCUT2D eigenvalue weighted by molar-refractivity contribution is -0.123. The fourth-order valence-electron chi connectivity index (χ4n) is 2.14. The largest absolute Gasteiger partial charge is 0.339 e. The number of carbonyl (C=O) groups is 1. The van der Waals surface area contributed by atoms with Gasteiger partial charge >= 0.3 is 0 Å². The topological polar surface area (TPSA) is 64.9 Å². The number of benzene rings is 1. The molecule has 0 spiro atoms. The molecule has 2 N–H and O–H groups in total. The first-order valence-corrected chi connectivity index (χ1v) is 6.30. The maximum atomic E-state index is 13.0. The first-order valence-electron chi connectivity index (χ1n) is 6.30. The fourth-order valence-corrected chi connectivity index (χ4v) is 2.14. The van der Waals surface area contributed by atoms with Crippen molar-refractivity contribution in [2.45, 2.75) is 31.1 Å². The van der Waals surface area contributed by atoms with Crippen LogP contribution < -0.4 is 10.6 Å². The lowest BCUT2D eigenvalue weighted by Crippen LogP contribution is -2.45. The van der Waals surface area contributed by atoms with Gasteiger partial charge in [0.2, 0.25) is 5.91 Å². The van der Waals surface area contributed by atoms with Crippen molar-refractivity contribution in [2.75, 3.05) is 6.54 Å². The van der Waals surface area contributed by atoms with Crippen molar-refractivity contribution in [2.24, 2.45) is 0 Å². The van der Waals surface area contributed by atoms with Gasteiger partial charge in [0.15, 0.2) is 0 Å². The van der Waals surface area contributed by atoms with E-state index in [9.17, 15) is 9.18 Å². The van der Waals surface area contributed by atoms with Gasteiger partial charge in [-0.05, 0) is 5.56 Å². The van der Waals surface area contributed by atoms with Crippen molar-refractivity contribution in [3.63, 3.8) is 0 Å². The summed E-state index contributed by atoms with van der Waals surface area (Å²) in [5.74, 6) is -0.303. The summed E-state index contributed by atoms with van der Waals surface area (Å²) >= 11 is 0. The molecule has 1 saturated heterocycles. The van der Waals surface area contributed by atoms with Crippen molar-refractivity contribution in [3.8, 4) is 6.07 Å². The highest BCUT2D eigenvalue weighted by atomic mass is 19.1. The molecule has 0 saturated carbocycles. The van der Waals surface area contributed by atoms with Crippen LogP contribution in [0.15, 0.2) is 30.3 Å². The summed E-state index contributed by atoms with van der Waals surface area (Å²) in [6.07, 6.45) is -0.352. The Labute approximate surface area is 111 Å². The average Bonchev–Trinajstić information content (AvgIpc) is 2.86. The Balaban J connectivity index is 1.89. The van der Waals surface area contributed by atoms with E-state index in [1.54, 1.807) is 0 Å². The smallest absolute Gasteiger partial charge is 0.238 e. The SMILES string of the molecule is N#C[C@H](Cc1ccccc1)NC(=O)[C@@H]1C[C@H](F)CN1. The van der Waals surface area contributed by atoms with Crippen LogP contribution in [-0.2, 0) is 11.2 Å². The number of carbonyl (C=O) groups excluding carboxylic acids is 1. The number of rotatable bonds is 4. The highest BCUT2D eigenvalue weighted by Crippen LogP contribution is 2.10. The van der Waals surface area contributed by atoms with Gasteiger partial charge in [-0.15, -0.1) is 0 Å². The van der Waals surface area contributed by atoms with E-state index in [0.29, 0.717) is 6.42 Å². The molecule has 19 heavy (non-hydrogen) atoms. The van der Waals surface area contributed by atoms with Crippen LogP contribution in [0.4, 0.5) is 4.39 Å². The third kappa shape index (κ3) is 3.76. The summed E-state index contributed by atoms with van der Waals surface area (Å²) < 4.78 is 13.0. The molecule has 1 aliphatic rings. The van der Waals surface area contributed by atoms with Crippen LogP contribution in [0.5, 0.6) is 0 Å². The van der Waals surface area contributed by atoms with Crippen LogP contribution in [0.25, 0.3) is 0 Å². The van der Waals surface area contributed by atoms with E-state index in [0.717, 1.165) is 5.56 Å². The normalized spacial score (nSPS) is 23.6. The molecule has 0 radical (unpaired) electrons. The van der Waals surface area contributed by atoms with Crippen LogP contribution in [-0.4, -0.2) is 30.7 Å². The van der Waals surface area contributed by atoms with Crippen LogP contribution >= 0.6 is 0 Å². The van der Waals surface area contributed by atoms with Crippen LogP contribution in [0.2, 0.25) is 0 Å². The molecule has 3 atom stereocenters. The molecular formula is C14H16FN3O. The molecule has 0 aliphatic carbocycles. The molecule has 2 rings (SSSR count). The van der Waals surface area contributed by atoms with Crippen molar-refractivity contribution >= 4 is 5.91 Å². The Hall–Kier alpha value is -1.93. The minimum Gasteiger partial charge on any atom is -0.339 e. The average molecular weight is 261 g/mol. The van der Waals surface area contributed by atoms with E-state index in [4.69, 9.17) is 5.26 Å². The Morgan fingerprint density at radius 3 is 2.84 bits per heavy atom. The minimum absolute atomic E-state index is 0.176. The van der Waals surface area contributed by atoms with E-state index in [1.807, 2.05) is 30.3 Å². The van der Waals surface area contributed by atoms with Crippen LogP contribution in [0, 0.1) is 11.3 Å². The summed E-state index contributed by atoms with van der Waals surface area (Å²) in [4.78, 5) is 11.9. The second-order valence-electron chi connectivity index (χ2n) is 4.67. The number of hydrogen-bond donors (Lipinski definition) is 2. The maximum Gasteiger partial charge on any atom is 0.238 e. The molecule has 0 bridgehead atoms. The molecule has 1 fully saturated rings. The third-order valence-corrected chi connectivity index (χ3v) is 3.15. The predicted octanol–water partition coefficient (Wildman–Crippen LogP) is 0.937. The Bertz CT molecular complexity index is 471. The summed E-state index contributed by atoms with van der Waals surface area (Å²) in [5.41, 5.74) is 0.983. The molecule has 1 aromatic rings. The summed E-state index contributed by atoms with van der Waals surface area (Å²) in [6, 6.07) is 10.4. The van der Waals surface area contributed by atoms with Crippen LogP contribution in [0.3, 0.4) is 0 Å². The predicted molar refractivity (Wildman–Crippen MR) is 69.0 cm³/mol. The molecule has 0 unspecified atom stereocenters. The molecule has 1 amide bonds. The number of amides is 1. The highest BCUT2D eigenvalue weighted by molar-refractivity contribution is 5.82. The molecule has 1 heterocycles. The van der Waals surface area contributed by atoms with E-state index < -0.39 is 18.3 Å². The first-order chi connectivity index (χ1) is 9.19. The monoisotopic (exact) mass is 261 g/mol. The third-order valence-electron chi connectivity index (χ3n) is 3.15.